The van der Waals surface area contributed by atoms with Crippen LogP contribution in [0, 0.1) is 0 Å². The minimum absolute atomic E-state index is 0.0990. The summed E-state index contributed by atoms with van der Waals surface area (Å²) in [6.45, 7) is 0. The molecule has 0 aliphatic heterocycles. The Morgan fingerprint density at radius 3 is 1.84 bits per heavy atom. The zero-order chi connectivity index (χ0) is 14.9. The molecule has 10 heteroatoms. The second-order valence-electron chi connectivity index (χ2n) is 4.15. The molecule has 1 rings (SSSR count). The number of aliphatic hydroxyl groups is 1. The Kier molecular flexibility index (Phi) is 4.72. The van der Waals surface area contributed by atoms with Crippen LogP contribution in [0.3, 0.4) is 0 Å². The quantitative estimate of drug-likeness (QED) is 0.323. The first-order chi connectivity index (χ1) is 8.44. The lowest BCUT2D eigenvalue weighted by atomic mass is 10.0. The molecule has 0 amide bonds. The normalized spacial score (nSPS) is 16.4. The predicted octanol–water partition coefficient (Wildman–Crippen LogP) is -0.138. The molecular formula is C9H15NO7P2. The highest BCUT2D eigenvalue weighted by Crippen LogP contribution is 2.62. The van der Waals surface area contributed by atoms with E-state index in [1.54, 1.807) is 6.07 Å². The number of rotatable bonds is 5. The van der Waals surface area contributed by atoms with E-state index < -0.39 is 32.7 Å². The fourth-order valence-electron chi connectivity index (χ4n) is 1.56. The van der Waals surface area contributed by atoms with Gasteiger partial charge in [-0.15, -0.1) is 0 Å². The van der Waals surface area contributed by atoms with Gasteiger partial charge in [-0.3, -0.25) is 14.9 Å². The van der Waals surface area contributed by atoms with Gasteiger partial charge in [-0.25, -0.2) is 0 Å². The Morgan fingerprint density at radius 1 is 1.05 bits per heavy atom. The van der Waals surface area contributed by atoms with E-state index in [0.29, 0.717) is 0 Å². The standard InChI is InChI=1S/C9H15NO7P2/c10-9(11,7-4-2-1-3-5-7)6-8(18(12,13)14)19(15,16)17/h1-5,8,11H,6,10H2,(H2,12,13,14)(H2,15,16,17). The summed E-state index contributed by atoms with van der Waals surface area (Å²) in [6.07, 6.45) is -0.967. The van der Waals surface area contributed by atoms with Crippen LogP contribution in [-0.4, -0.2) is 30.1 Å². The van der Waals surface area contributed by atoms with E-state index in [4.69, 9.17) is 25.3 Å². The number of hydrogen-bond acceptors (Lipinski definition) is 4. The van der Waals surface area contributed by atoms with E-state index in [-0.39, 0.29) is 5.56 Å². The summed E-state index contributed by atoms with van der Waals surface area (Å²) in [6, 6.07) is 7.45. The molecule has 0 heterocycles. The van der Waals surface area contributed by atoms with Gasteiger partial charge in [0.05, 0.1) is 0 Å². The molecule has 19 heavy (non-hydrogen) atoms. The molecule has 0 radical (unpaired) electrons. The van der Waals surface area contributed by atoms with Gasteiger partial charge in [0.25, 0.3) is 0 Å². The van der Waals surface area contributed by atoms with Crippen molar-refractivity contribution >= 4 is 15.2 Å². The average molecular weight is 311 g/mol. The van der Waals surface area contributed by atoms with Crippen molar-refractivity contribution in [1.29, 1.82) is 0 Å². The molecule has 0 fully saturated rings. The van der Waals surface area contributed by atoms with Crippen molar-refractivity contribution < 1.29 is 33.8 Å². The monoisotopic (exact) mass is 311 g/mol. The fourth-order valence-corrected chi connectivity index (χ4v) is 4.16. The topological polar surface area (TPSA) is 161 Å². The Labute approximate surface area is 109 Å². The van der Waals surface area contributed by atoms with Crippen molar-refractivity contribution in [2.24, 2.45) is 5.73 Å². The highest BCUT2D eigenvalue weighted by atomic mass is 31.2. The zero-order valence-corrected chi connectivity index (χ0v) is 11.5. The van der Waals surface area contributed by atoms with Gasteiger partial charge in [-0.05, 0) is 5.56 Å². The molecule has 108 valence electrons. The van der Waals surface area contributed by atoms with E-state index in [2.05, 4.69) is 0 Å². The van der Waals surface area contributed by atoms with Crippen LogP contribution in [0.25, 0.3) is 0 Å². The first kappa shape index (κ1) is 16.5. The van der Waals surface area contributed by atoms with Gasteiger partial charge in [0, 0.05) is 6.42 Å². The van der Waals surface area contributed by atoms with Crippen LogP contribution >= 0.6 is 15.2 Å². The fraction of sp³-hybridized carbons (Fsp3) is 0.333. The summed E-state index contributed by atoms with van der Waals surface area (Å²) in [5.74, 6) is 0. The minimum atomic E-state index is -5.12. The smallest absolute Gasteiger partial charge is 0.340 e. The molecule has 0 saturated heterocycles. The van der Waals surface area contributed by atoms with E-state index in [0.717, 1.165) is 0 Å². The number of benzene rings is 1. The molecule has 1 unspecified atom stereocenters. The van der Waals surface area contributed by atoms with Crippen LogP contribution in [0.15, 0.2) is 30.3 Å². The second-order valence-corrected chi connectivity index (χ2v) is 8.16. The lowest BCUT2D eigenvalue weighted by Gasteiger charge is -2.29. The van der Waals surface area contributed by atoms with Crippen molar-refractivity contribution in [2.75, 3.05) is 0 Å². The molecule has 0 saturated carbocycles. The summed E-state index contributed by atoms with van der Waals surface area (Å²) in [5, 5.41) is 7.62. The Balaban J connectivity index is 3.11. The second kappa shape index (κ2) is 5.44. The summed E-state index contributed by atoms with van der Waals surface area (Å²) >= 11 is 0. The summed E-state index contributed by atoms with van der Waals surface area (Å²) in [4.78, 5) is 35.9. The molecule has 1 atom stereocenters. The van der Waals surface area contributed by atoms with Gasteiger partial charge in [-0.2, -0.15) is 0 Å². The third-order valence-corrected chi connectivity index (χ3v) is 6.27. The molecule has 0 aromatic heterocycles. The van der Waals surface area contributed by atoms with Crippen LogP contribution in [0.4, 0.5) is 0 Å². The molecular weight excluding hydrogens is 296 g/mol. The maximum Gasteiger partial charge on any atom is 0.340 e. The zero-order valence-electron chi connectivity index (χ0n) is 9.70. The Morgan fingerprint density at radius 2 is 1.47 bits per heavy atom. The molecule has 1 aromatic carbocycles. The van der Waals surface area contributed by atoms with Gasteiger partial charge >= 0.3 is 15.2 Å². The van der Waals surface area contributed by atoms with Crippen LogP contribution < -0.4 is 5.73 Å². The summed E-state index contributed by atoms with van der Waals surface area (Å²) < 4.78 is 22.2. The average Bonchev–Trinajstić information content (AvgIpc) is 2.24. The van der Waals surface area contributed by atoms with Crippen molar-refractivity contribution in [3.05, 3.63) is 35.9 Å². The Hall–Kier alpha value is -0.560. The Bertz CT molecular complexity index is 499. The summed E-state index contributed by atoms with van der Waals surface area (Å²) in [5.41, 5.74) is 3.34. The lowest BCUT2D eigenvalue weighted by Crippen LogP contribution is -2.39. The van der Waals surface area contributed by atoms with E-state index in [1.165, 1.54) is 24.3 Å². The third-order valence-electron chi connectivity index (χ3n) is 2.54. The summed E-state index contributed by atoms with van der Waals surface area (Å²) in [7, 11) is -10.2. The van der Waals surface area contributed by atoms with Crippen molar-refractivity contribution in [3.63, 3.8) is 0 Å². The molecule has 0 spiro atoms. The minimum Gasteiger partial charge on any atom is -0.372 e. The van der Waals surface area contributed by atoms with E-state index in [9.17, 15) is 14.2 Å². The molecule has 1 aromatic rings. The molecule has 7 N–H and O–H groups in total. The van der Waals surface area contributed by atoms with E-state index >= 15 is 0 Å². The van der Waals surface area contributed by atoms with Crippen molar-refractivity contribution in [1.82, 2.24) is 0 Å². The highest BCUT2D eigenvalue weighted by molar-refractivity contribution is 7.70. The lowest BCUT2D eigenvalue weighted by molar-refractivity contribution is 0.0345. The first-order valence-corrected chi connectivity index (χ1v) is 8.48. The predicted molar refractivity (Wildman–Crippen MR) is 67.0 cm³/mol. The largest absolute Gasteiger partial charge is 0.372 e. The maximum absolute atomic E-state index is 11.1. The van der Waals surface area contributed by atoms with Crippen LogP contribution in [0.5, 0.6) is 0 Å². The van der Waals surface area contributed by atoms with Gasteiger partial charge in [0.15, 0.2) is 5.40 Å². The molecule has 8 nitrogen and oxygen atoms in total. The van der Waals surface area contributed by atoms with Crippen molar-refractivity contribution in [2.45, 2.75) is 17.5 Å². The van der Waals surface area contributed by atoms with Gasteiger partial charge in [-0.1, -0.05) is 30.3 Å². The maximum atomic E-state index is 11.1. The molecule has 0 bridgehead atoms. The highest BCUT2D eigenvalue weighted by Gasteiger charge is 2.47. The van der Waals surface area contributed by atoms with Crippen molar-refractivity contribution in [3.8, 4) is 0 Å². The van der Waals surface area contributed by atoms with Gasteiger partial charge in [0.1, 0.15) is 5.72 Å². The number of hydrogen-bond donors (Lipinski definition) is 6. The van der Waals surface area contributed by atoms with Crippen LogP contribution in [0.2, 0.25) is 0 Å². The number of nitrogens with two attached hydrogens (primary N) is 1. The molecule has 0 aliphatic carbocycles. The van der Waals surface area contributed by atoms with Crippen LogP contribution in [-0.2, 0) is 14.9 Å². The SMILES string of the molecule is NC(O)(CC(P(=O)(O)O)P(=O)(O)O)c1ccccc1. The van der Waals surface area contributed by atoms with Gasteiger partial charge < -0.3 is 24.7 Å². The molecule has 0 aliphatic rings. The van der Waals surface area contributed by atoms with Gasteiger partial charge in [0.2, 0.25) is 0 Å². The first-order valence-electron chi connectivity index (χ1n) is 5.12. The van der Waals surface area contributed by atoms with Crippen LogP contribution in [0.1, 0.15) is 12.0 Å². The third kappa shape index (κ3) is 4.49. The van der Waals surface area contributed by atoms with E-state index in [1.807, 2.05) is 0 Å².